The molecule has 1 N–H and O–H groups in total. The summed E-state index contributed by atoms with van der Waals surface area (Å²) in [5.74, 6) is 0. The normalized spacial score (nSPS) is 21.5. The quantitative estimate of drug-likeness (QED) is 0.873. The van der Waals surface area contributed by atoms with Crippen LogP contribution in [0.15, 0.2) is 16.8 Å². The molecule has 1 aromatic heterocycles. The van der Waals surface area contributed by atoms with Crippen LogP contribution in [0, 0.1) is 0 Å². The molecule has 0 saturated heterocycles. The zero-order valence-corrected chi connectivity index (χ0v) is 11.0. The summed E-state index contributed by atoms with van der Waals surface area (Å²) in [6, 6.07) is 2.12. The summed E-state index contributed by atoms with van der Waals surface area (Å²) in [5.41, 5.74) is 1.28. The summed E-state index contributed by atoms with van der Waals surface area (Å²) >= 11 is 1.71. The molecule has 1 aromatic rings. The summed E-state index contributed by atoms with van der Waals surface area (Å²) in [7, 11) is 4.20. The van der Waals surface area contributed by atoms with Crippen molar-refractivity contribution in [3.63, 3.8) is 0 Å². The van der Waals surface area contributed by atoms with E-state index in [-0.39, 0.29) is 11.6 Å². The van der Waals surface area contributed by atoms with Crippen LogP contribution in [-0.2, 0) is 6.42 Å². The topological polar surface area (TPSA) is 23.5 Å². The maximum Gasteiger partial charge on any atom is 0.0764 e. The Labute approximate surface area is 102 Å². The van der Waals surface area contributed by atoms with E-state index < -0.39 is 0 Å². The van der Waals surface area contributed by atoms with Crippen molar-refractivity contribution in [2.24, 2.45) is 0 Å². The molecule has 90 valence electrons. The van der Waals surface area contributed by atoms with Crippen molar-refractivity contribution < 1.29 is 5.11 Å². The summed E-state index contributed by atoms with van der Waals surface area (Å²) in [4.78, 5) is 2.23. The highest BCUT2D eigenvalue weighted by Crippen LogP contribution is 2.37. The minimum absolute atomic E-state index is 0.0158. The molecule has 1 aliphatic carbocycles. The van der Waals surface area contributed by atoms with Crippen LogP contribution in [0.5, 0.6) is 0 Å². The Bertz CT molecular complexity index is 315. The van der Waals surface area contributed by atoms with Gasteiger partial charge in [-0.05, 0) is 49.3 Å². The fraction of sp³-hybridized carbons (Fsp3) is 0.692. The number of hydrogen-bond donors (Lipinski definition) is 1. The summed E-state index contributed by atoms with van der Waals surface area (Å²) in [6.45, 7) is 0. The van der Waals surface area contributed by atoms with Crippen LogP contribution in [-0.4, -0.2) is 35.7 Å². The molecule has 2 rings (SSSR count). The minimum Gasteiger partial charge on any atom is -0.391 e. The Morgan fingerprint density at radius 3 is 2.62 bits per heavy atom. The lowest BCUT2D eigenvalue weighted by Gasteiger charge is -2.40. The summed E-state index contributed by atoms with van der Waals surface area (Å²) in [6.07, 6.45) is 5.32. The van der Waals surface area contributed by atoms with Gasteiger partial charge in [0.25, 0.3) is 0 Å². The second-order valence-electron chi connectivity index (χ2n) is 5.06. The van der Waals surface area contributed by atoms with E-state index >= 15 is 0 Å². The van der Waals surface area contributed by atoms with E-state index in [4.69, 9.17) is 0 Å². The summed E-state index contributed by atoms with van der Waals surface area (Å²) in [5, 5.41) is 14.7. The maximum absolute atomic E-state index is 10.5. The second kappa shape index (κ2) is 4.86. The molecule has 2 nitrogen and oxygen atoms in total. The molecule has 1 saturated carbocycles. The predicted molar refractivity (Wildman–Crippen MR) is 68.9 cm³/mol. The number of nitrogens with zero attached hydrogens (tertiary/aromatic N) is 1. The molecular formula is C13H21NOS. The van der Waals surface area contributed by atoms with Crippen LogP contribution >= 0.6 is 11.3 Å². The first-order valence-electron chi connectivity index (χ1n) is 6.02. The summed E-state index contributed by atoms with van der Waals surface area (Å²) < 4.78 is 0. The van der Waals surface area contributed by atoms with Gasteiger partial charge in [-0.2, -0.15) is 11.3 Å². The molecule has 1 atom stereocenters. The molecule has 3 heteroatoms. The van der Waals surface area contributed by atoms with E-state index in [0.717, 1.165) is 19.3 Å². The Morgan fingerprint density at radius 1 is 1.44 bits per heavy atom. The van der Waals surface area contributed by atoms with E-state index in [2.05, 4.69) is 35.8 Å². The van der Waals surface area contributed by atoms with Crippen molar-refractivity contribution >= 4 is 11.3 Å². The molecule has 1 heterocycles. The van der Waals surface area contributed by atoms with Crippen molar-refractivity contribution in [3.05, 3.63) is 22.4 Å². The Morgan fingerprint density at radius 2 is 2.12 bits per heavy atom. The molecule has 0 aromatic carbocycles. The highest BCUT2D eigenvalue weighted by molar-refractivity contribution is 7.07. The van der Waals surface area contributed by atoms with Gasteiger partial charge >= 0.3 is 0 Å². The average molecular weight is 239 g/mol. The van der Waals surface area contributed by atoms with Crippen LogP contribution in [0.25, 0.3) is 0 Å². The largest absolute Gasteiger partial charge is 0.391 e. The molecule has 0 spiro atoms. The third-order valence-corrected chi connectivity index (χ3v) is 4.72. The molecule has 16 heavy (non-hydrogen) atoms. The number of aliphatic hydroxyl groups excluding tert-OH is 1. The fourth-order valence-corrected chi connectivity index (χ4v) is 3.57. The SMILES string of the molecule is CN(C)C1(C(O)Cc2ccsc2)CCCC1. The monoisotopic (exact) mass is 239 g/mol. The molecule has 0 aliphatic heterocycles. The molecule has 1 unspecified atom stereocenters. The third kappa shape index (κ3) is 2.17. The van der Waals surface area contributed by atoms with Gasteiger partial charge in [0.05, 0.1) is 6.10 Å². The first-order valence-corrected chi connectivity index (χ1v) is 6.96. The molecule has 1 aliphatic rings. The zero-order valence-electron chi connectivity index (χ0n) is 10.1. The van der Waals surface area contributed by atoms with Crippen molar-refractivity contribution in [1.29, 1.82) is 0 Å². The predicted octanol–water partition coefficient (Wildman–Crippen LogP) is 2.53. The zero-order chi connectivity index (χ0) is 11.6. The lowest BCUT2D eigenvalue weighted by molar-refractivity contribution is -0.00245. The van der Waals surface area contributed by atoms with Gasteiger partial charge in [-0.3, -0.25) is 0 Å². The lowest BCUT2D eigenvalue weighted by atomic mass is 9.86. The van der Waals surface area contributed by atoms with Gasteiger partial charge in [-0.25, -0.2) is 0 Å². The van der Waals surface area contributed by atoms with Crippen LogP contribution in [0.2, 0.25) is 0 Å². The Hall–Kier alpha value is -0.380. The highest BCUT2D eigenvalue weighted by Gasteiger charge is 2.42. The standard InChI is InChI=1S/C13H21NOS/c1-14(2)13(6-3-4-7-13)12(15)9-11-5-8-16-10-11/h5,8,10,12,15H,3-4,6-7,9H2,1-2H3. The minimum atomic E-state index is -0.236. The second-order valence-corrected chi connectivity index (χ2v) is 5.84. The maximum atomic E-state index is 10.5. The van der Waals surface area contributed by atoms with Gasteiger partial charge < -0.3 is 10.0 Å². The first kappa shape index (κ1) is 12.1. The third-order valence-electron chi connectivity index (χ3n) is 3.99. The number of rotatable bonds is 4. The highest BCUT2D eigenvalue weighted by atomic mass is 32.1. The van der Waals surface area contributed by atoms with E-state index in [0.29, 0.717) is 0 Å². The molecule has 0 bridgehead atoms. The van der Waals surface area contributed by atoms with E-state index in [1.165, 1.54) is 18.4 Å². The van der Waals surface area contributed by atoms with Crippen molar-refractivity contribution in [3.8, 4) is 0 Å². The van der Waals surface area contributed by atoms with Gasteiger partial charge in [0.15, 0.2) is 0 Å². The molecular weight excluding hydrogens is 218 g/mol. The van der Waals surface area contributed by atoms with Crippen LogP contribution in [0.1, 0.15) is 31.2 Å². The van der Waals surface area contributed by atoms with E-state index in [1.807, 2.05) is 0 Å². The van der Waals surface area contributed by atoms with Gasteiger partial charge in [-0.15, -0.1) is 0 Å². The van der Waals surface area contributed by atoms with Crippen LogP contribution < -0.4 is 0 Å². The number of hydrogen-bond acceptors (Lipinski definition) is 3. The number of likely N-dealkylation sites (N-methyl/N-ethyl adjacent to an activating group) is 1. The van der Waals surface area contributed by atoms with Crippen molar-refractivity contribution in [2.45, 2.75) is 43.7 Å². The van der Waals surface area contributed by atoms with E-state index in [1.54, 1.807) is 11.3 Å². The van der Waals surface area contributed by atoms with Gasteiger partial charge in [0.1, 0.15) is 0 Å². The Kier molecular flexibility index (Phi) is 3.67. The Balaban J connectivity index is 2.08. The molecule has 0 amide bonds. The fourth-order valence-electron chi connectivity index (χ4n) is 2.89. The van der Waals surface area contributed by atoms with E-state index in [9.17, 15) is 5.11 Å². The van der Waals surface area contributed by atoms with Crippen LogP contribution in [0.4, 0.5) is 0 Å². The first-order chi connectivity index (χ1) is 7.65. The van der Waals surface area contributed by atoms with Gasteiger partial charge in [-0.1, -0.05) is 12.8 Å². The average Bonchev–Trinajstić information content (AvgIpc) is 2.87. The van der Waals surface area contributed by atoms with Crippen LogP contribution in [0.3, 0.4) is 0 Å². The van der Waals surface area contributed by atoms with Crippen molar-refractivity contribution in [2.75, 3.05) is 14.1 Å². The smallest absolute Gasteiger partial charge is 0.0764 e. The lowest BCUT2D eigenvalue weighted by Crippen LogP contribution is -2.52. The molecule has 0 radical (unpaired) electrons. The number of aliphatic hydroxyl groups is 1. The van der Waals surface area contributed by atoms with Gasteiger partial charge in [0.2, 0.25) is 0 Å². The van der Waals surface area contributed by atoms with Gasteiger partial charge in [0, 0.05) is 12.0 Å². The number of thiophene rings is 1. The van der Waals surface area contributed by atoms with Crippen molar-refractivity contribution in [1.82, 2.24) is 4.90 Å². The molecule has 1 fully saturated rings.